The van der Waals surface area contributed by atoms with E-state index in [1.807, 2.05) is 143 Å². The Bertz CT molecular complexity index is 7710. The van der Waals surface area contributed by atoms with E-state index in [1.54, 1.807) is 48.5 Å². The third kappa shape index (κ3) is 11.3. The summed E-state index contributed by atoms with van der Waals surface area (Å²) in [5.74, 6) is -1.55. The molecule has 2 aliphatic rings. The van der Waals surface area contributed by atoms with Crippen LogP contribution in [0.2, 0.25) is 0 Å². The molecule has 0 unspecified atom stereocenters. The first-order valence-corrected chi connectivity index (χ1v) is 41.5. The summed E-state index contributed by atoms with van der Waals surface area (Å²) in [5, 5.41) is 0.305. The van der Waals surface area contributed by atoms with Gasteiger partial charge in [-0.25, -0.2) is 0 Å². The number of hydrogen-bond donors (Lipinski definition) is 0. The number of hydrogen-bond acceptors (Lipinski definition) is 2. The van der Waals surface area contributed by atoms with Gasteiger partial charge in [-0.15, -0.1) is 0 Å². The molecule has 0 atom stereocenters. The molecule has 6 heteroatoms. The van der Waals surface area contributed by atoms with Gasteiger partial charge in [-0.3, -0.25) is 0 Å². The van der Waals surface area contributed by atoms with Crippen LogP contribution in [0.1, 0.15) is 129 Å². The third-order valence-electron chi connectivity index (χ3n) is 22.3. The summed E-state index contributed by atoms with van der Waals surface area (Å²) in [6, 6.07) is 60.9. The van der Waals surface area contributed by atoms with Crippen LogP contribution in [0.5, 0.6) is 0 Å². The van der Waals surface area contributed by atoms with Crippen LogP contribution in [-0.4, -0.2) is 38.1 Å². The fourth-order valence-corrected chi connectivity index (χ4v) is 21.6. The Morgan fingerprint density at radius 2 is 0.619 bits per heavy atom. The number of anilines is 6. The van der Waals surface area contributed by atoms with Gasteiger partial charge in [-0.05, 0) is 0 Å². The van der Waals surface area contributed by atoms with Crippen molar-refractivity contribution in [3.05, 3.63) is 373 Å². The average Bonchev–Trinajstić information content (AvgIpc) is 1.33. The summed E-state index contributed by atoms with van der Waals surface area (Å²) in [5.41, 5.74) is 8.70. The van der Waals surface area contributed by atoms with Crippen LogP contribution in [0.25, 0.3) is 139 Å². The van der Waals surface area contributed by atoms with Crippen molar-refractivity contribution in [3.8, 4) is 78.1 Å². The third-order valence-corrected chi connectivity index (χ3v) is 26.9. The summed E-state index contributed by atoms with van der Waals surface area (Å²) < 4.78 is 213. The molecule has 6 heterocycles. The first-order chi connectivity index (χ1) is 63.3. The molecule has 113 heavy (non-hydrogen) atoms. The van der Waals surface area contributed by atoms with Gasteiger partial charge in [0.2, 0.25) is 0 Å². The van der Waals surface area contributed by atoms with Crippen molar-refractivity contribution in [1.82, 2.24) is 9.13 Å². The van der Waals surface area contributed by atoms with Crippen LogP contribution < -0.4 is 9.80 Å². The number of aromatic nitrogens is 2. The number of fused-ring (bicyclic) bond motifs is 14. The summed E-state index contributed by atoms with van der Waals surface area (Å²) >= 11 is -2.32. The Hall–Kier alpha value is -12.0. The molecule has 0 spiro atoms. The van der Waals surface area contributed by atoms with E-state index in [1.165, 1.54) is 9.13 Å². The second-order valence-corrected chi connectivity index (χ2v) is 36.6. The zero-order chi connectivity index (χ0) is 93.7. The molecule has 0 amide bonds. The van der Waals surface area contributed by atoms with E-state index < -0.39 is 136 Å². The fourth-order valence-electron chi connectivity index (χ4n) is 16.6. The Morgan fingerprint density at radius 3 is 0.956 bits per heavy atom. The molecule has 0 aliphatic carbocycles. The zero-order valence-corrected chi connectivity index (χ0v) is 66.9. The molecule has 0 radical (unpaired) electrons. The number of para-hydroxylation sites is 2. The van der Waals surface area contributed by atoms with E-state index in [0.29, 0.717) is 75.8 Å². The first-order valence-electron chi connectivity index (χ1n) is 48.0. The Kier molecular flexibility index (Phi) is 11.8. The number of nitrogens with zero attached hydrogens (tertiary/aromatic N) is 4. The summed E-state index contributed by atoms with van der Waals surface area (Å²) in [4.78, 5) is 4.03. The van der Waals surface area contributed by atoms with Crippen LogP contribution in [0.4, 0.5) is 34.1 Å². The molecule has 0 saturated carbocycles. The second kappa shape index (κ2) is 26.3. The second-order valence-electron chi connectivity index (χ2n) is 32.4. The van der Waals surface area contributed by atoms with Crippen molar-refractivity contribution < 1.29 is 27.4 Å². The Balaban J connectivity index is 1.01. The normalized spacial score (nSPS) is 15.6. The van der Waals surface area contributed by atoms with Crippen molar-refractivity contribution in [2.45, 2.75) is 84.5 Å². The van der Waals surface area contributed by atoms with Gasteiger partial charge in [0.05, 0.1) is 0 Å². The van der Waals surface area contributed by atoms with Crippen molar-refractivity contribution in [1.29, 1.82) is 0 Å². The zero-order valence-electron chi connectivity index (χ0n) is 83.5. The molecule has 4 nitrogen and oxygen atoms in total. The van der Waals surface area contributed by atoms with Crippen LogP contribution in [0.15, 0.2) is 339 Å². The van der Waals surface area contributed by atoms with Crippen molar-refractivity contribution >= 4 is 124 Å². The van der Waals surface area contributed by atoms with E-state index >= 15 is 0 Å². The van der Waals surface area contributed by atoms with Crippen LogP contribution in [-0.2, 0) is 16.2 Å². The average molecular weight is 1600 g/mol. The van der Waals surface area contributed by atoms with E-state index in [0.717, 1.165) is 33.4 Å². The molecule has 15 aromatic carbocycles. The quantitative estimate of drug-likeness (QED) is 0.127. The van der Waals surface area contributed by atoms with Gasteiger partial charge in [0.25, 0.3) is 0 Å². The maximum absolute atomic E-state index is 12.1. The minimum absolute atomic E-state index is 0.0258. The van der Waals surface area contributed by atoms with Crippen molar-refractivity contribution in [2.24, 2.45) is 0 Å². The first kappa shape index (κ1) is 50.8. The van der Waals surface area contributed by atoms with Crippen LogP contribution in [0, 0.1) is 0 Å². The molecule has 0 bridgehead atoms. The molecular weight excluding hydrogens is 1500 g/mol. The SMILES string of the molecule is [2H]c1c([2H])c(-n2c3[se]c4c([2H])c(-c5ccccc5)c([2H])c([2H])c4c3c3c([2H])c([2H])c([2H])c([2H])c32)c([2H])c2c1C1c3c(cc(C(C)(C)C)cc3N(c3c(-c4ccccc4)cc(C(C)(C)C)cc3-c3ccccc3)c3c([2H])c(-n4c5[se]c6c([2H])c(-c7ccccc7)c([2H])c([2H])c6c5c5c([2H])c([2H])c([2H])c([2H])c54)c([2H])c([2H])c31)N2c1c(-c2ccccc2)cc(C(C)(C)C)cc1-c1ccccc1. The van der Waals surface area contributed by atoms with Crippen LogP contribution in [0.3, 0.4) is 0 Å². The molecule has 4 aromatic heterocycles. The molecular formula is C107H84N4Se2. The van der Waals surface area contributed by atoms with E-state index in [-0.39, 0.29) is 133 Å². The Labute approximate surface area is 701 Å². The van der Waals surface area contributed by atoms with E-state index in [4.69, 9.17) is 0 Å². The van der Waals surface area contributed by atoms with Gasteiger partial charge < -0.3 is 0 Å². The van der Waals surface area contributed by atoms with E-state index in [9.17, 15) is 27.4 Å². The minimum atomic E-state index is -1.55. The van der Waals surface area contributed by atoms with Gasteiger partial charge in [0, 0.05) is 0 Å². The monoisotopic (exact) mass is 1600 g/mol. The maximum atomic E-state index is 12.1. The molecule has 0 saturated heterocycles. The van der Waals surface area contributed by atoms with Gasteiger partial charge in [-0.1, -0.05) is 0 Å². The predicted octanol–water partition coefficient (Wildman–Crippen LogP) is 28.9. The molecule has 21 rings (SSSR count). The molecule has 544 valence electrons. The predicted molar refractivity (Wildman–Crippen MR) is 483 cm³/mol. The van der Waals surface area contributed by atoms with Crippen molar-refractivity contribution in [2.75, 3.05) is 9.80 Å². The summed E-state index contributed by atoms with van der Waals surface area (Å²) in [6.07, 6.45) is 0. The molecule has 0 fully saturated rings. The van der Waals surface area contributed by atoms with Crippen molar-refractivity contribution in [3.63, 3.8) is 0 Å². The van der Waals surface area contributed by atoms with E-state index in [2.05, 4.69) is 98.7 Å². The fraction of sp³-hybridized carbons (Fsp3) is 0.121. The molecule has 2 aliphatic heterocycles. The molecule has 0 N–H and O–H groups in total. The topological polar surface area (TPSA) is 16.3 Å². The van der Waals surface area contributed by atoms with Gasteiger partial charge in [-0.2, -0.15) is 0 Å². The summed E-state index contributed by atoms with van der Waals surface area (Å²) in [6.45, 7) is 19.1. The Morgan fingerprint density at radius 1 is 0.301 bits per heavy atom. The van der Waals surface area contributed by atoms with Gasteiger partial charge in [0.15, 0.2) is 0 Å². The van der Waals surface area contributed by atoms with Gasteiger partial charge >= 0.3 is 705 Å². The standard InChI is InChI=1S/C107H84N4Se2/c1-105(2,3)74-58-85(68-36-20-12-21-37-68)101(86(59-74)69-38-22-13-23-39-69)110-91-64-77(108-89-46-30-28-44-79(89)98-83-52-48-72(56-95(83)112-103(98)108)66-32-16-10-17-33-66)50-54-81(91)97-82-55-51-78(109-90-47-31-29-45-80(90)99-84-53-49-73(57-96(84)113-104(99)109)67-34-18-11-19-35-67)65-92(82)111(94-63-76(107(7,8)9)62-93(110)100(94)97)102-87(70-40-24-14-25-41-70)60-75(106(4,5)6)61-88(102)71-42-26-15-27-43-71/h10-65,97H,1-9H3/i28D,29D,30D,31D,44D,45D,46D,47D,48D,49D,50D,51D,52D,53D,54D,55D,56D,57D,64D,65D. The molecule has 19 aromatic rings. The van der Waals surface area contributed by atoms with Crippen LogP contribution >= 0.6 is 0 Å². The number of rotatable bonds is 10. The van der Waals surface area contributed by atoms with Gasteiger partial charge in [0.1, 0.15) is 0 Å². The summed E-state index contributed by atoms with van der Waals surface area (Å²) in [7, 11) is 0. The number of benzene rings is 15.